The first-order chi connectivity index (χ1) is 13.0. The molecule has 0 unspecified atom stereocenters. The highest BCUT2D eigenvalue weighted by atomic mass is 16.5. The number of hydrogen-bond donors (Lipinski definition) is 0. The number of aryl methyl sites for hydroxylation is 1. The average molecular weight is 368 g/mol. The average Bonchev–Trinajstić information content (AvgIpc) is 2.68. The van der Waals surface area contributed by atoms with Crippen LogP contribution in [0.15, 0.2) is 47.3 Å². The number of aromatic nitrogens is 1. The molecule has 0 N–H and O–H groups in total. The van der Waals surface area contributed by atoms with Crippen LogP contribution in [0.2, 0.25) is 0 Å². The third-order valence-electron chi connectivity index (χ3n) is 5.44. The summed E-state index contributed by atoms with van der Waals surface area (Å²) < 4.78 is 7.62. The van der Waals surface area contributed by atoms with Crippen LogP contribution in [0.4, 0.5) is 0 Å². The zero-order valence-corrected chi connectivity index (χ0v) is 16.4. The molecule has 1 aliphatic rings. The molecule has 1 aromatic heterocycles. The number of likely N-dealkylation sites (tertiary alicyclic amines) is 1. The van der Waals surface area contributed by atoms with Gasteiger partial charge in [-0.3, -0.25) is 9.59 Å². The number of pyridine rings is 1. The molecule has 2 aromatic rings. The van der Waals surface area contributed by atoms with Gasteiger partial charge < -0.3 is 14.2 Å². The van der Waals surface area contributed by atoms with E-state index in [1.807, 2.05) is 48.2 Å². The van der Waals surface area contributed by atoms with E-state index in [0.717, 1.165) is 30.5 Å². The van der Waals surface area contributed by atoms with E-state index in [-0.39, 0.29) is 23.5 Å². The Morgan fingerprint density at radius 2 is 1.85 bits per heavy atom. The number of amides is 1. The molecule has 1 amide bonds. The minimum absolute atomic E-state index is 0.0392. The number of hydrogen-bond acceptors (Lipinski definition) is 3. The molecule has 0 saturated carbocycles. The van der Waals surface area contributed by atoms with Gasteiger partial charge in [0.15, 0.2) is 0 Å². The fraction of sp³-hybridized carbons (Fsp3) is 0.455. The monoisotopic (exact) mass is 368 g/mol. The lowest BCUT2D eigenvalue weighted by molar-refractivity contribution is -0.134. The van der Waals surface area contributed by atoms with Gasteiger partial charge >= 0.3 is 0 Å². The van der Waals surface area contributed by atoms with Gasteiger partial charge in [0.25, 0.3) is 5.56 Å². The van der Waals surface area contributed by atoms with Gasteiger partial charge in [-0.05, 0) is 25.0 Å². The van der Waals surface area contributed by atoms with Crippen molar-refractivity contribution >= 4 is 5.91 Å². The molecule has 0 spiro atoms. The molecule has 0 bridgehead atoms. The summed E-state index contributed by atoms with van der Waals surface area (Å²) in [6.45, 7) is 5.33. The summed E-state index contributed by atoms with van der Waals surface area (Å²) in [5.74, 6) is 0.742. The van der Waals surface area contributed by atoms with Gasteiger partial charge in [-0.1, -0.05) is 37.3 Å². The van der Waals surface area contributed by atoms with Crippen LogP contribution in [0.3, 0.4) is 0 Å². The van der Waals surface area contributed by atoms with Crippen LogP contribution in [0.1, 0.15) is 43.4 Å². The minimum atomic E-state index is -0.0801. The maximum atomic E-state index is 13.0. The first-order valence-electron chi connectivity index (χ1n) is 9.67. The smallest absolute Gasteiger partial charge is 0.254 e. The van der Waals surface area contributed by atoms with Gasteiger partial charge in [0.1, 0.15) is 11.9 Å². The van der Waals surface area contributed by atoms with Crippen molar-refractivity contribution in [3.63, 3.8) is 0 Å². The van der Waals surface area contributed by atoms with Crippen molar-refractivity contribution in [1.82, 2.24) is 9.47 Å². The second-order valence-electron chi connectivity index (χ2n) is 7.24. The van der Waals surface area contributed by atoms with E-state index in [2.05, 4.69) is 6.92 Å². The highest BCUT2D eigenvalue weighted by Gasteiger charge is 2.29. The zero-order valence-electron chi connectivity index (χ0n) is 16.4. The second-order valence-corrected chi connectivity index (χ2v) is 7.24. The minimum Gasteiger partial charge on any atom is -0.490 e. The third kappa shape index (κ3) is 4.41. The predicted octanol–water partition coefficient (Wildman–Crippen LogP) is 3.26. The Hall–Kier alpha value is -2.56. The number of carbonyl (C=O) groups excluding carboxylic acids is 1. The Morgan fingerprint density at radius 3 is 2.44 bits per heavy atom. The number of piperidine rings is 1. The molecule has 0 radical (unpaired) electrons. The van der Waals surface area contributed by atoms with Crippen molar-refractivity contribution in [2.24, 2.45) is 7.05 Å². The quantitative estimate of drug-likeness (QED) is 0.814. The van der Waals surface area contributed by atoms with E-state index in [1.54, 1.807) is 11.6 Å². The van der Waals surface area contributed by atoms with Crippen molar-refractivity contribution in [2.45, 2.75) is 45.1 Å². The van der Waals surface area contributed by atoms with Gasteiger partial charge in [0, 0.05) is 44.7 Å². The highest BCUT2D eigenvalue weighted by molar-refractivity contribution is 5.83. The summed E-state index contributed by atoms with van der Waals surface area (Å²) in [6.07, 6.45) is 2.40. The molecule has 3 rings (SSSR count). The van der Waals surface area contributed by atoms with E-state index < -0.39 is 0 Å². The maximum absolute atomic E-state index is 13.0. The molecule has 1 saturated heterocycles. The molecule has 1 fully saturated rings. The number of ether oxygens (including phenoxy) is 1. The number of benzene rings is 1. The van der Waals surface area contributed by atoms with Crippen LogP contribution >= 0.6 is 0 Å². The molecule has 5 nitrogen and oxygen atoms in total. The Bertz CT molecular complexity index is 836. The van der Waals surface area contributed by atoms with Gasteiger partial charge in [0.2, 0.25) is 5.91 Å². The summed E-state index contributed by atoms with van der Waals surface area (Å²) in [5, 5.41) is 0. The molecule has 5 heteroatoms. The fourth-order valence-corrected chi connectivity index (χ4v) is 3.65. The molecule has 144 valence electrons. The number of rotatable bonds is 5. The van der Waals surface area contributed by atoms with Crippen molar-refractivity contribution in [2.75, 3.05) is 13.1 Å². The number of carbonyl (C=O) groups is 1. The normalized spacial score (nSPS) is 16.2. The largest absolute Gasteiger partial charge is 0.490 e. The van der Waals surface area contributed by atoms with Crippen LogP contribution < -0.4 is 10.3 Å². The van der Waals surface area contributed by atoms with Crippen molar-refractivity contribution in [1.29, 1.82) is 0 Å². The zero-order chi connectivity index (χ0) is 19.4. The molecule has 27 heavy (non-hydrogen) atoms. The Morgan fingerprint density at radius 1 is 1.19 bits per heavy atom. The van der Waals surface area contributed by atoms with Crippen molar-refractivity contribution < 1.29 is 9.53 Å². The highest BCUT2D eigenvalue weighted by Crippen LogP contribution is 2.25. The van der Waals surface area contributed by atoms with Crippen molar-refractivity contribution in [3.8, 4) is 5.75 Å². The van der Waals surface area contributed by atoms with Crippen LogP contribution in [0, 0.1) is 6.92 Å². The topological polar surface area (TPSA) is 51.5 Å². The van der Waals surface area contributed by atoms with Crippen LogP contribution in [0.25, 0.3) is 0 Å². The van der Waals surface area contributed by atoms with Crippen LogP contribution in [-0.4, -0.2) is 34.6 Å². The first kappa shape index (κ1) is 19.2. The molecular weight excluding hydrogens is 340 g/mol. The van der Waals surface area contributed by atoms with E-state index in [9.17, 15) is 9.59 Å². The maximum Gasteiger partial charge on any atom is 0.254 e. The lowest BCUT2D eigenvalue weighted by atomic mass is 9.94. The van der Waals surface area contributed by atoms with Gasteiger partial charge in [-0.15, -0.1) is 0 Å². The van der Waals surface area contributed by atoms with Gasteiger partial charge in [0.05, 0.1) is 5.92 Å². The SMILES string of the molecule is CC[C@H](C(=O)N1CCC(Oc2cc(C)n(C)c(=O)c2)CC1)c1ccccc1. The van der Waals surface area contributed by atoms with E-state index in [4.69, 9.17) is 4.74 Å². The Balaban J connectivity index is 1.60. The molecule has 2 heterocycles. The summed E-state index contributed by atoms with van der Waals surface area (Å²) in [6, 6.07) is 13.4. The molecule has 1 atom stereocenters. The summed E-state index contributed by atoms with van der Waals surface area (Å²) >= 11 is 0. The fourth-order valence-electron chi connectivity index (χ4n) is 3.65. The van der Waals surface area contributed by atoms with Gasteiger partial charge in [-0.2, -0.15) is 0 Å². The molecular formula is C22H28N2O3. The van der Waals surface area contributed by atoms with E-state index in [0.29, 0.717) is 18.8 Å². The molecule has 0 aliphatic carbocycles. The standard InChI is InChI=1S/C22H28N2O3/c1-4-20(17-8-6-5-7-9-17)22(26)24-12-10-18(11-13-24)27-19-14-16(2)23(3)21(25)15-19/h5-9,14-15,18,20H,4,10-13H2,1-3H3/t20-/m0/s1. The van der Waals surface area contributed by atoms with Gasteiger partial charge in [-0.25, -0.2) is 0 Å². The van der Waals surface area contributed by atoms with Crippen LogP contribution in [0.5, 0.6) is 5.75 Å². The predicted molar refractivity (Wildman–Crippen MR) is 106 cm³/mol. The number of nitrogens with zero attached hydrogens (tertiary/aromatic N) is 2. The Kier molecular flexibility index (Phi) is 5.99. The van der Waals surface area contributed by atoms with E-state index >= 15 is 0 Å². The second kappa shape index (κ2) is 8.42. The van der Waals surface area contributed by atoms with E-state index in [1.165, 1.54) is 6.07 Å². The molecule has 1 aliphatic heterocycles. The summed E-state index contributed by atoms with van der Waals surface area (Å²) in [5.41, 5.74) is 1.89. The van der Waals surface area contributed by atoms with Crippen LogP contribution in [-0.2, 0) is 11.8 Å². The Labute approximate surface area is 160 Å². The van der Waals surface area contributed by atoms with Crippen molar-refractivity contribution in [3.05, 3.63) is 64.1 Å². The third-order valence-corrected chi connectivity index (χ3v) is 5.44. The molecule has 1 aromatic carbocycles. The summed E-state index contributed by atoms with van der Waals surface area (Å²) in [4.78, 5) is 26.8. The lowest BCUT2D eigenvalue weighted by Gasteiger charge is -2.34. The summed E-state index contributed by atoms with van der Waals surface area (Å²) in [7, 11) is 1.75. The lowest BCUT2D eigenvalue weighted by Crippen LogP contribution is -2.43. The first-order valence-corrected chi connectivity index (χ1v) is 9.67.